The van der Waals surface area contributed by atoms with Crippen molar-refractivity contribution < 1.29 is 8.42 Å². The topological polar surface area (TPSA) is 37.4 Å². The number of sulfone groups is 1. The molecule has 1 saturated carbocycles. The number of aryl methyl sites for hydroxylation is 1. The van der Waals surface area contributed by atoms with E-state index in [1.165, 1.54) is 74.0 Å². The Hall–Kier alpha value is -1.81. The van der Waals surface area contributed by atoms with Gasteiger partial charge in [-0.25, -0.2) is 8.42 Å². The summed E-state index contributed by atoms with van der Waals surface area (Å²) in [4.78, 5) is 2.51. The maximum absolute atomic E-state index is 12.2. The van der Waals surface area contributed by atoms with Gasteiger partial charge in [0.1, 0.15) is 0 Å². The van der Waals surface area contributed by atoms with Crippen molar-refractivity contribution in [2.24, 2.45) is 11.8 Å². The van der Waals surface area contributed by atoms with E-state index in [1.54, 1.807) is 13.8 Å². The molecule has 0 N–H and O–H groups in total. The molecule has 2 fully saturated rings. The normalized spacial score (nSPS) is 22.0. The molecule has 4 heteroatoms. The van der Waals surface area contributed by atoms with Crippen LogP contribution in [0.15, 0.2) is 48.5 Å². The Bertz CT molecular complexity index is 965. The fourth-order valence-corrected chi connectivity index (χ4v) is 6.83. The van der Waals surface area contributed by atoms with Crippen LogP contribution >= 0.6 is 0 Å². The van der Waals surface area contributed by atoms with Gasteiger partial charge >= 0.3 is 0 Å². The molecule has 0 spiro atoms. The first-order chi connectivity index (χ1) is 15.9. The molecular weight excluding hydrogens is 426 g/mol. The lowest BCUT2D eigenvalue weighted by Crippen LogP contribution is -2.29. The standard InChI is InChI=1S/C29H41NO2S/c1-23(2)33(31,32)22-26-10-8-24(9-11-26)6-7-25-12-14-27(15-13-25)28-16-18-29(19-17-28)30-20-4-3-5-21-30/h12-19,23-24,26H,3-11,20-22H2,1-2H3. The second-order valence-corrected chi connectivity index (χ2v) is 13.2. The lowest BCUT2D eigenvalue weighted by molar-refractivity contribution is 0.278. The zero-order valence-electron chi connectivity index (χ0n) is 20.5. The minimum absolute atomic E-state index is 0.245. The van der Waals surface area contributed by atoms with Gasteiger partial charge in [-0.05, 0) is 99.5 Å². The van der Waals surface area contributed by atoms with Crippen LogP contribution in [0, 0.1) is 11.8 Å². The summed E-state index contributed by atoms with van der Waals surface area (Å²) in [5, 5.41) is -0.245. The van der Waals surface area contributed by atoms with E-state index in [0.717, 1.165) is 25.2 Å². The van der Waals surface area contributed by atoms with E-state index in [4.69, 9.17) is 0 Å². The highest BCUT2D eigenvalue weighted by atomic mass is 32.2. The predicted octanol–water partition coefficient (Wildman–Crippen LogP) is 6.91. The fourth-order valence-electron chi connectivity index (χ4n) is 5.46. The lowest BCUT2D eigenvalue weighted by Gasteiger charge is -2.29. The van der Waals surface area contributed by atoms with E-state index in [-0.39, 0.29) is 5.25 Å². The molecule has 1 heterocycles. The summed E-state index contributed by atoms with van der Waals surface area (Å²) in [7, 11) is -2.91. The Morgan fingerprint density at radius 2 is 1.33 bits per heavy atom. The third-order valence-corrected chi connectivity index (χ3v) is 10.2. The molecule has 0 amide bonds. The van der Waals surface area contributed by atoms with Crippen LogP contribution in [0.2, 0.25) is 0 Å². The van der Waals surface area contributed by atoms with Gasteiger partial charge in [0.2, 0.25) is 0 Å². The molecule has 2 aromatic rings. The lowest BCUT2D eigenvalue weighted by atomic mass is 9.80. The minimum atomic E-state index is -2.91. The summed E-state index contributed by atoms with van der Waals surface area (Å²) >= 11 is 0. The highest BCUT2D eigenvalue weighted by Crippen LogP contribution is 2.33. The predicted molar refractivity (Wildman–Crippen MR) is 141 cm³/mol. The second kappa shape index (κ2) is 11.1. The van der Waals surface area contributed by atoms with Crippen molar-refractivity contribution in [3.8, 4) is 11.1 Å². The quantitative estimate of drug-likeness (QED) is 0.423. The van der Waals surface area contributed by atoms with Crippen molar-refractivity contribution in [1.82, 2.24) is 0 Å². The number of anilines is 1. The van der Waals surface area contributed by atoms with Gasteiger partial charge in [-0.1, -0.05) is 49.2 Å². The van der Waals surface area contributed by atoms with Crippen LogP contribution < -0.4 is 4.90 Å². The van der Waals surface area contributed by atoms with Gasteiger partial charge in [0, 0.05) is 18.8 Å². The van der Waals surface area contributed by atoms with Crippen LogP contribution in [0.1, 0.15) is 70.8 Å². The van der Waals surface area contributed by atoms with Crippen molar-refractivity contribution in [3.05, 3.63) is 54.1 Å². The van der Waals surface area contributed by atoms with Crippen molar-refractivity contribution in [2.75, 3.05) is 23.7 Å². The van der Waals surface area contributed by atoms with Crippen LogP contribution in [0.4, 0.5) is 5.69 Å². The molecule has 2 aromatic carbocycles. The zero-order valence-corrected chi connectivity index (χ0v) is 21.3. The number of hydrogen-bond donors (Lipinski definition) is 0. The molecular formula is C29H41NO2S. The first-order valence-electron chi connectivity index (χ1n) is 13.1. The summed E-state index contributed by atoms with van der Waals surface area (Å²) in [6.45, 7) is 5.98. The van der Waals surface area contributed by atoms with E-state index in [2.05, 4.69) is 53.4 Å². The monoisotopic (exact) mass is 467 g/mol. The van der Waals surface area contributed by atoms with Crippen molar-refractivity contribution >= 4 is 15.5 Å². The summed E-state index contributed by atoms with van der Waals surface area (Å²) in [6.07, 6.45) is 10.8. The van der Waals surface area contributed by atoms with E-state index < -0.39 is 9.84 Å². The molecule has 0 unspecified atom stereocenters. The van der Waals surface area contributed by atoms with E-state index >= 15 is 0 Å². The fraction of sp³-hybridized carbons (Fsp3) is 0.586. The van der Waals surface area contributed by atoms with Crippen molar-refractivity contribution in [2.45, 2.75) is 76.9 Å². The molecule has 1 aliphatic heterocycles. The number of rotatable bonds is 8. The number of nitrogens with zero attached hydrogens (tertiary/aromatic N) is 1. The van der Waals surface area contributed by atoms with Crippen LogP contribution in [0.5, 0.6) is 0 Å². The average molecular weight is 468 g/mol. The molecule has 3 nitrogen and oxygen atoms in total. The van der Waals surface area contributed by atoms with E-state index in [0.29, 0.717) is 11.7 Å². The largest absolute Gasteiger partial charge is 0.372 e. The Morgan fingerprint density at radius 3 is 1.91 bits per heavy atom. The van der Waals surface area contributed by atoms with Gasteiger partial charge in [0.15, 0.2) is 9.84 Å². The van der Waals surface area contributed by atoms with Gasteiger partial charge < -0.3 is 4.90 Å². The molecule has 1 saturated heterocycles. The molecule has 4 rings (SSSR count). The Balaban J connectivity index is 1.24. The molecule has 33 heavy (non-hydrogen) atoms. The highest BCUT2D eigenvalue weighted by molar-refractivity contribution is 7.91. The summed E-state index contributed by atoms with van der Waals surface area (Å²) in [5.74, 6) is 1.50. The smallest absolute Gasteiger partial charge is 0.152 e. The first-order valence-corrected chi connectivity index (χ1v) is 14.8. The minimum Gasteiger partial charge on any atom is -0.372 e. The molecule has 0 aromatic heterocycles. The number of benzene rings is 2. The Kier molecular flexibility index (Phi) is 8.16. The van der Waals surface area contributed by atoms with Gasteiger partial charge in [-0.2, -0.15) is 0 Å². The third kappa shape index (κ3) is 6.62. The van der Waals surface area contributed by atoms with Gasteiger partial charge in [-0.3, -0.25) is 0 Å². The Labute approximate surface area is 201 Å². The van der Waals surface area contributed by atoms with Crippen LogP contribution in [-0.4, -0.2) is 32.5 Å². The maximum atomic E-state index is 12.2. The molecule has 1 aliphatic carbocycles. The van der Waals surface area contributed by atoms with Gasteiger partial charge in [0.25, 0.3) is 0 Å². The number of hydrogen-bond acceptors (Lipinski definition) is 3. The molecule has 2 aliphatic rings. The van der Waals surface area contributed by atoms with E-state index in [9.17, 15) is 8.42 Å². The maximum Gasteiger partial charge on any atom is 0.152 e. The van der Waals surface area contributed by atoms with E-state index in [1.807, 2.05) is 0 Å². The van der Waals surface area contributed by atoms with Crippen molar-refractivity contribution in [1.29, 1.82) is 0 Å². The zero-order chi connectivity index (χ0) is 23.3. The molecule has 0 bridgehead atoms. The molecule has 0 atom stereocenters. The average Bonchev–Trinajstić information content (AvgIpc) is 2.84. The molecule has 180 valence electrons. The van der Waals surface area contributed by atoms with Crippen LogP contribution in [0.3, 0.4) is 0 Å². The molecule has 0 radical (unpaired) electrons. The van der Waals surface area contributed by atoms with Crippen LogP contribution in [-0.2, 0) is 16.3 Å². The van der Waals surface area contributed by atoms with Crippen molar-refractivity contribution in [3.63, 3.8) is 0 Å². The number of piperidine rings is 1. The summed E-state index contributed by atoms with van der Waals surface area (Å²) in [6, 6.07) is 18.2. The van der Waals surface area contributed by atoms with Crippen LogP contribution in [0.25, 0.3) is 11.1 Å². The second-order valence-electron chi connectivity index (χ2n) is 10.6. The highest BCUT2D eigenvalue weighted by Gasteiger charge is 2.27. The summed E-state index contributed by atoms with van der Waals surface area (Å²) < 4.78 is 24.4. The van der Waals surface area contributed by atoms with Gasteiger partial charge in [-0.15, -0.1) is 0 Å². The summed E-state index contributed by atoms with van der Waals surface area (Å²) in [5.41, 5.74) is 5.34. The Morgan fingerprint density at radius 1 is 0.788 bits per heavy atom. The third-order valence-electron chi connectivity index (χ3n) is 7.87. The first kappa shape index (κ1) is 24.3. The SMILES string of the molecule is CC(C)S(=O)(=O)CC1CCC(CCc2ccc(-c3ccc(N4CCCCC4)cc3)cc2)CC1. The van der Waals surface area contributed by atoms with Gasteiger partial charge in [0.05, 0.1) is 11.0 Å².